The highest BCUT2D eigenvalue weighted by molar-refractivity contribution is 6.10. The van der Waals surface area contributed by atoms with Gasteiger partial charge in [-0.05, 0) is 116 Å². The summed E-state index contributed by atoms with van der Waals surface area (Å²) in [5.41, 5.74) is 9.94. The van der Waals surface area contributed by atoms with Gasteiger partial charge in [0.15, 0.2) is 0 Å². The molecule has 0 bridgehead atoms. The van der Waals surface area contributed by atoms with E-state index in [9.17, 15) is 0 Å². The molecular weight excluding hydrogens is 639 g/mol. The van der Waals surface area contributed by atoms with Crippen molar-refractivity contribution in [1.82, 2.24) is 0 Å². The Bertz CT molecular complexity index is 2710. The van der Waals surface area contributed by atoms with Crippen molar-refractivity contribution in [2.45, 2.75) is 13.8 Å². The Morgan fingerprint density at radius 3 is 1.74 bits per heavy atom. The van der Waals surface area contributed by atoms with E-state index in [1.54, 1.807) is 0 Å². The van der Waals surface area contributed by atoms with Crippen LogP contribution in [0.15, 0.2) is 188 Å². The molecular formula is C52H37N. The average Bonchev–Trinajstić information content (AvgIpc) is 3.23. The van der Waals surface area contributed by atoms with Crippen LogP contribution >= 0.6 is 0 Å². The number of fused-ring (bicyclic) bond motifs is 6. The molecule has 0 saturated carbocycles. The van der Waals surface area contributed by atoms with Crippen LogP contribution in [0.25, 0.3) is 70.9 Å². The van der Waals surface area contributed by atoms with Gasteiger partial charge in [-0.15, -0.1) is 0 Å². The Labute approximate surface area is 311 Å². The van der Waals surface area contributed by atoms with Crippen LogP contribution in [0.2, 0.25) is 0 Å². The summed E-state index contributed by atoms with van der Waals surface area (Å²) in [4.78, 5) is 2.39. The molecule has 0 radical (unpaired) electrons. The molecule has 0 aliphatic carbocycles. The van der Waals surface area contributed by atoms with Crippen LogP contribution in [0, 0.1) is 12.1 Å². The number of rotatable bonds is 7. The van der Waals surface area contributed by atoms with Crippen LogP contribution in [-0.4, -0.2) is 0 Å². The second-order valence-electron chi connectivity index (χ2n) is 13.6. The molecule has 0 heterocycles. The molecule has 0 unspecified atom stereocenters. The minimum Gasteiger partial charge on any atom is -0.301 e. The van der Waals surface area contributed by atoms with E-state index < -0.39 is 0 Å². The molecule has 0 aliphatic heterocycles. The number of hydrogen-bond donors (Lipinski definition) is 0. The third-order valence-electron chi connectivity index (χ3n) is 10.4. The Hall–Kier alpha value is -6.88. The summed E-state index contributed by atoms with van der Waals surface area (Å²) in [5.74, 6) is 0. The highest BCUT2D eigenvalue weighted by Crippen LogP contribution is 2.46. The van der Waals surface area contributed by atoms with E-state index in [4.69, 9.17) is 0 Å². The van der Waals surface area contributed by atoms with E-state index >= 15 is 0 Å². The van der Waals surface area contributed by atoms with Gasteiger partial charge in [0.25, 0.3) is 0 Å². The first kappa shape index (κ1) is 32.1. The Balaban J connectivity index is 1.28. The number of anilines is 3. The monoisotopic (exact) mass is 675 g/mol. The fourth-order valence-corrected chi connectivity index (χ4v) is 7.77. The maximum Gasteiger partial charge on any atom is 0.105 e. The lowest BCUT2D eigenvalue weighted by atomic mass is 9.94. The standard InChI is InChI=1S/C52H37N/c1-3-4-15-36(2)43-18-9-12-23-50(43)53(51-24-13-10-21-48(51)41-30-32-46-39(34-41)28-26-37-16-5-7-19-44(37)46)52-25-14-11-22-49(52)42-31-33-47-40(35-42)29-27-38-17-6-8-20-45(38)47/h3-13,15-24,26-35H,1-2H3/b4-3-,36-15+. The quantitative estimate of drug-likeness (QED) is 0.120. The largest absolute Gasteiger partial charge is 0.301 e. The molecule has 9 aromatic carbocycles. The van der Waals surface area contributed by atoms with E-state index in [0.717, 1.165) is 44.9 Å². The average molecular weight is 676 g/mol. The van der Waals surface area contributed by atoms with Crippen LogP contribution in [0.1, 0.15) is 19.4 Å². The third kappa shape index (κ3) is 5.81. The molecule has 53 heavy (non-hydrogen) atoms. The molecule has 250 valence electrons. The molecule has 0 N–H and O–H groups in total. The minimum atomic E-state index is 0.943. The van der Waals surface area contributed by atoms with Gasteiger partial charge < -0.3 is 4.90 Å². The molecule has 0 amide bonds. The summed E-state index contributed by atoms with van der Waals surface area (Å²) in [6, 6.07) is 68.4. The zero-order valence-corrected chi connectivity index (χ0v) is 29.8. The number of hydrogen-bond acceptors (Lipinski definition) is 1. The molecule has 9 aromatic rings. The van der Waals surface area contributed by atoms with Gasteiger partial charge >= 0.3 is 0 Å². The first-order valence-corrected chi connectivity index (χ1v) is 18.2. The van der Waals surface area contributed by atoms with Crippen LogP contribution in [0.3, 0.4) is 0 Å². The van der Waals surface area contributed by atoms with Gasteiger partial charge in [-0.3, -0.25) is 0 Å². The highest BCUT2D eigenvalue weighted by atomic mass is 15.1. The van der Waals surface area contributed by atoms with Crippen molar-refractivity contribution in [1.29, 1.82) is 0 Å². The van der Waals surface area contributed by atoms with Crippen LogP contribution in [-0.2, 0) is 0 Å². The second-order valence-corrected chi connectivity index (χ2v) is 13.6. The highest BCUT2D eigenvalue weighted by Gasteiger charge is 2.23. The Morgan fingerprint density at radius 1 is 0.509 bits per heavy atom. The SMILES string of the molecule is C/C=C\C=C(/C)c1ccccc1N(c1c#cccc1-c1ccc2c(ccc3ccccc32)c1)c1ccccc1-c1ccc2c(ccc3ccccc32)c1. The van der Waals surface area contributed by atoms with Gasteiger partial charge in [-0.1, -0.05) is 158 Å². The van der Waals surface area contributed by atoms with Crippen LogP contribution in [0.4, 0.5) is 17.1 Å². The van der Waals surface area contributed by atoms with Crippen LogP contribution < -0.4 is 4.90 Å². The van der Waals surface area contributed by atoms with E-state index in [-0.39, 0.29) is 0 Å². The predicted octanol–water partition coefficient (Wildman–Crippen LogP) is 14.7. The molecule has 0 spiro atoms. The molecule has 0 fully saturated rings. The van der Waals surface area contributed by atoms with Crippen molar-refractivity contribution in [3.8, 4) is 22.3 Å². The predicted molar refractivity (Wildman–Crippen MR) is 228 cm³/mol. The Morgan fingerprint density at radius 2 is 1.06 bits per heavy atom. The summed E-state index contributed by atoms with van der Waals surface area (Å²) in [7, 11) is 0. The maximum atomic E-state index is 3.62. The molecule has 0 aromatic heterocycles. The van der Waals surface area contributed by atoms with Crippen molar-refractivity contribution >= 4 is 65.7 Å². The van der Waals surface area contributed by atoms with Gasteiger partial charge in [-0.25, -0.2) is 0 Å². The van der Waals surface area contributed by atoms with E-state index in [1.807, 2.05) is 6.07 Å². The second kappa shape index (κ2) is 13.7. The molecule has 1 heteroatoms. The van der Waals surface area contributed by atoms with Gasteiger partial charge in [0, 0.05) is 16.7 Å². The zero-order chi connectivity index (χ0) is 35.7. The van der Waals surface area contributed by atoms with E-state index in [1.165, 1.54) is 48.7 Å². The molecule has 0 atom stereocenters. The Kier molecular flexibility index (Phi) is 8.28. The molecule has 9 rings (SSSR count). The summed E-state index contributed by atoms with van der Waals surface area (Å²) < 4.78 is 0. The molecule has 0 aliphatic rings. The lowest BCUT2D eigenvalue weighted by Gasteiger charge is -2.30. The van der Waals surface area contributed by atoms with Crippen molar-refractivity contribution in [3.63, 3.8) is 0 Å². The lowest BCUT2D eigenvalue weighted by Crippen LogP contribution is -2.14. The van der Waals surface area contributed by atoms with Gasteiger partial charge in [-0.2, -0.15) is 0 Å². The fourth-order valence-electron chi connectivity index (χ4n) is 7.77. The lowest BCUT2D eigenvalue weighted by molar-refractivity contribution is 1.27. The summed E-state index contributed by atoms with van der Waals surface area (Å²) in [5, 5.41) is 9.97. The van der Waals surface area contributed by atoms with Crippen molar-refractivity contribution in [3.05, 3.63) is 206 Å². The zero-order valence-electron chi connectivity index (χ0n) is 29.8. The van der Waals surface area contributed by atoms with Crippen molar-refractivity contribution < 1.29 is 0 Å². The normalized spacial score (nSPS) is 11.8. The number of para-hydroxylation sites is 2. The summed E-state index contributed by atoms with van der Waals surface area (Å²) >= 11 is 0. The van der Waals surface area contributed by atoms with Crippen molar-refractivity contribution in [2.75, 3.05) is 4.90 Å². The van der Waals surface area contributed by atoms with Gasteiger partial charge in [0.05, 0.1) is 11.4 Å². The topological polar surface area (TPSA) is 3.24 Å². The smallest absolute Gasteiger partial charge is 0.105 e. The third-order valence-corrected chi connectivity index (χ3v) is 10.4. The molecule has 0 saturated heterocycles. The van der Waals surface area contributed by atoms with E-state index in [2.05, 4.69) is 213 Å². The van der Waals surface area contributed by atoms with E-state index in [0.29, 0.717) is 0 Å². The van der Waals surface area contributed by atoms with Gasteiger partial charge in [0.2, 0.25) is 0 Å². The number of benzene rings is 8. The first-order valence-electron chi connectivity index (χ1n) is 18.2. The number of nitrogens with zero attached hydrogens (tertiary/aromatic N) is 1. The minimum absolute atomic E-state index is 0.943. The summed E-state index contributed by atoms with van der Waals surface area (Å²) in [6.45, 7) is 4.24. The fraction of sp³-hybridized carbons (Fsp3) is 0.0385. The first-order chi connectivity index (χ1) is 26.2. The van der Waals surface area contributed by atoms with Crippen LogP contribution in [0.5, 0.6) is 0 Å². The van der Waals surface area contributed by atoms with Gasteiger partial charge in [0.1, 0.15) is 5.69 Å². The van der Waals surface area contributed by atoms with Crippen molar-refractivity contribution in [2.24, 2.45) is 0 Å². The number of allylic oxidation sites excluding steroid dienone is 4. The maximum absolute atomic E-state index is 3.62. The molecule has 1 nitrogen and oxygen atoms in total. The summed E-state index contributed by atoms with van der Waals surface area (Å²) in [6.07, 6.45) is 6.37.